The maximum absolute atomic E-state index is 10.1. The molecule has 1 N–H and O–H groups in total. The zero-order valence-corrected chi connectivity index (χ0v) is 13.1. The van der Waals surface area contributed by atoms with Gasteiger partial charge < -0.3 is 9.67 Å². The monoisotopic (exact) mass is 277 g/mol. The summed E-state index contributed by atoms with van der Waals surface area (Å²) in [7, 11) is 0. The zero-order chi connectivity index (χ0) is 14.2. The van der Waals surface area contributed by atoms with Gasteiger partial charge in [0.2, 0.25) is 0 Å². The second kappa shape index (κ2) is 8.51. The summed E-state index contributed by atoms with van der Waals surface area (Å²) in [6, 6.07) is 2.09. The van der Waals surface area contributed by atoms with Crippen molar-refractivity contribution in [2.75, 3.05) is 0 Å². The predicted octanol–water partition coefficient (Wildman–Crippen LogP) is 5.07. The first-order valence-electron chi connectivity index (χ1n) is 8.65. The van der Waals surface area contributed by atoms with Crippen LogP contribution in [0.2, 0.25) is 0 Å². The van der Waals surface area contributed by atoms with Crippen LogP contribution in [0.3, 0.4) is 0 Å². The van der Waals surface area contributed by atoms with Crippen molar-refractivity contribution >= 4 is 0 Å². The molecule has 2 heteroatoms. The highest BCUT2D eigenvalue weighted by molar-refractivity contribution is 5.16. The summed E-state index contributed by atoms with van der Waals surface area (Å²) in [6.45, 7) is 3.37. The minimum Gasteiger partial charge on any atom is -0.388 e. The maximum Gasteiger partial charge on any atom is 0.0832 e. The van der Waals surface area contributed by atoms with E-state index in [1.807, 2.05) is 0 Å². The summed E-state index contributed by atoms with van der Waals surface area (Å²) in [5.41, 5.74) is 1.12. The third kappa shape index (κ3) is 5.32. The smallest absolute Gasteiger partial charge is 0.0832 e. The standard InChI is InChI=1S/C18H31NO/c1-2-3-4-5-6-7-8-9-13-19-14-12-17(15-19)18(20)16-10-11-16/h12,14-16,18,20H,2-11,13H2,1H3. The van der Waals surface area contributed by atoms with Gasteiger partial charge in [-0.3, -0.25) is 0 Å². The van der Waals surface area contributed by atoms with Crippen LogP contribution in [0.25, 0.3) is 0 Å². The Labute approximate surface area is 124 Å². The second-order valence-corrected chi connectivity index (χ2v) is 6.44. The van der Waals surface area contributed by atoms with Gasteiger partial charge in [0.25, 0.3) is 0 Å². The molecule has 1 atom stereocenters. The molecule has 0 aromatic carbocycles. The van der Waals surface area contributed by atoms with E-state index in [4.69, 9.17) is 0 Å². The Morgan fingerprint density at radius 2 is 1.75 bits per heavy atom. The first-order chi connectivity index (χ1) is 9.81. The van der Waals surface area contributed by atoms with Gasteiger partial charge in [-0.2, -0.15) is 0 Å². The average molecular weight is 277 g/mol. The van der Waals surface area contributed by atoms with Crippen LogP contribution in [0, 0.1) is 5.92 Å². The molecule has 1 aromatic heterocycles. The molecule has 0 amide bonds. The van der Waals surface area contributed by atoms with Gasteiger partial charge in [-0.15, -0.1) is 0 Å². The molecule has 0 spiro atoms. The van der Waals surface area contributed by atoms with Gasteiger partial charge in [0.05, 0.1) is 6.10 Å². The lowest BCUT2D eigenvalue weighted by Gasteiger charge is -2.06. The highest BCUT2D eigenvalue weighted by Gasteiger charge is 2.31. The van der Waals surface area contributed by atoms with Crippen LogP contribution >= 0.6 is 0 Å². The largest absolute Gasteiger partial charge is 0.388 e. The van der Waals surface area contributed by atoms with E-state index >= 15 is 0 Å². The molecule has 1 aliphatic carbocycles. The molecule has 2 nitrogen and oxygen atoms in total. The van der Waals surface area contributed by atoms with Crippen molar-refractivity contribution in [2.45, 2.75) is 83.8 Å². The van der Waals surface area contributed by atoms with Crippen LogP contribution in [0.4, 0.5) is 0 Å². The third-order valence-corrected chi connectivity index (χ3v) is 4.45. The molecule has 114 valence electrons. The number of rotatable bonds is 11. The molecule has 0 bridgehead atoms. The van der Waals surface area contributed by atoms with Gasteiger partial charge in [0, 0.05) is 18.9 Å². The van der Waals surface area contributed by atoms with Gasteiger partial charge in [0.1, 0.15) is 0 Å². The molecule has 0 aliphatic heterocycles. The highest BCUT2D eigenvalue weighted by Crippen LogP contribution is 2.40. The molecular formula is C18H31NO. The van der Waals surface area contributed by atoms with Crippen molar-refractivity contribution in [1.82, 2.24) is 4.57 Å². The van der Waals surface area contributed by atoms with Crippen molar-refractivity contribution in [3.8, 4) is 0 Å². The fourth-order valence-corrected chi connectivity index (χ4v) is 2.89. The Bertz CT molecular complexity index is 367. The van der Waals surface area contributed by atoms with Crippen LogP contribution < -0.4 is 0 Å². The Morgan fingerprint density at radius 1 is 1.10 bits per heavy atom. The summed E-state index contributed by atoms with van der Waals surface area (Å²) in [5, 5.41) is 10.1. The number of aromatic nitrogens is 1. The number of unbranched alkanes of at least 4 members (excludes halogenated alkanes) is 7. The first kappa shape index (κ1) is 15.6. The van der Waals surface area contributed by atoms with E-state index in [-0.39, 0.29) is 6.10 Å². The van der Waals surface area contributed by atoms with E-state index in [9.17, 15) is 5.11 Å². The van der Waals surface area contributed by atoms with Crippen LogP contribution in [0.15, 0.2) is 18.5 Å². The van der Waals surface area contributed by atoms with E-state index < -0.39 is 0 Å². The van der Waals surface area contributed by atoms with Crippen molar-refractivity contribution in [3.63, 3.8) is 0 Å². The summed E-state index contributed by atoms with van der Waals surface area (Å²) in [6.07, 6.45) is 17.4. The molecular weight excluding hydrogens is 246 g/mol. The first-order valence-corrected chi connectivity index (χ1v) is 8.65. The van der Waals surface area contributed by atoms with Crippen LogP contribution in [-0.4, -0.2) is 9.67 Å². The Kier molecular flexibility index (Phi) is 6.65. The number of aliphatic hydroxyl groups excluding tert-OH is 1. The van der Waals surface area contributed by atoms with Gasteiger partial charge in [-0.1, -0.05) is 51.9 Å². The van der Waals surface area contributed by atoms with Crippen LogP contribution in [0.1, 0.15) is 82.8 Å². The minimum atomic E-state index is -0.213. The molecule has 1 saturated carbocycles. The minimum absolute atomic E-state index is 0.213. The third-order valence-electron chi connectivity index (χ3n) is 4.45. The summed E-state index contributed by atoms with van der Waals surface area (Å²) in [5.74, 6) is 0.536. The highest BCUT2D eigenvalue weighted by atomic mass is 16.3. The summed E-state index contributed by atoms with van der Waals surface area (Å²) >= 11 is 0. The van der Waals surface area contributed by atoms with E-state index in [1.165, 1.54) is 64.2 Å². The van der Waals surface area contributed by atoms with E-state index in [0.29, 0.717) is 5.92 Å². The normalized spacial score (nSPS) is 16.5. The predicted molar refractivity (Wildman–Crippen MR) is 84.7 cm³/mol. The fraction of sp³-hybridized carbons (Fsp3) is 0.778. The summed E-state index contributed by atoms with van der Waals surface area (Å²) < 4.78 is 2.25. The average Bonchev–Trinajstić information content (AvgIpc) is 3.20. The zero-order valence-electron chi connectivity index (χ0n) is 13.1. The molecule has 0 saturated heterocycles. The van der Waals surface area contributed by atoms with Gasteiger partial charge in [-0.25, -0.2) is 0 Å². The van der Waals surface area contributed by atoms with Gasteiger partial charge in [-0.05, 0) is 36.8 Å². The molecule has 1 aliphatic rings. The Morgan fingerprint density at radius 3 is 2.40 bits per heavy atom. The lowest BCUT2D eigenvalue weighted by Crippen LogP contribution is -1.99. The van der Waals surface area contributed by atoms with Crippen molar-refractivity contribution < 1.29 is 5.11 Å². The Balaban J connectivity index is 1.53. The fourth-order valence-electron chi connectivity index (χ4n) is 2.89. The summed E-state index contributed by atoms with van der Waals surface area (Å²) in [4.78, 5) is 0. The number of hydrogen-bond acceptors (Lipinski definition) is 1. The van der Waals surface area contributed by atoms with E-state index in [1.54, 1.807) is 0 Å². The van der Waals surface area contributed by atoms with Crippen LogP contribution in [0.5, 0.6) is 0 Å². The lowest BCUT2D eigenvalue weighted by atomic mass is 10.1. The molecule has 2 rings (SSSR count). The topological polar surface area (TPSA) is 25.2 Å². The number of aliphatic hydroxyl groups is 1. The molecule has 1 unspecified atom stereocenters. The van der Waals surface area contributed by atoms with E-state index in [0.717, 1.165) is 12.1 Å². The van der Waals surface area contributed by atoms with Crippen molar-refractivity contribution in [3.05, 3.63) is 24.0 Å². The van der Waals surface area contributed by atoms with Gasteiger partial charge >= 0.3 is 0 Å². The van der Waals surface area contributed by atoms with Crippen molar-refractivity contribution in [2.24, 2.45) is 5.92 Å². The number of nitrogens with zero attached hydrogens (tertiary/aromatic N) is 1. The molecule has 1 fully saturated rings. The van der Waals surface area contributed by atoms with E-state index in [2.05, 4.69) is 30.0 Å². The molecule has 1 aromatic rings. The lowest BCUT2D eigenvalue weighted by molar-refractivity contribution is 0.154. The number of hydrogen-bond donors (Lipinski definition) is 1. The van der Waals surface area contributed by atoms with Crippen LogP contribution in [-0.2, 0) is 6.54 Å². The molecule has 20 heavy (non-hydrogen) atoms. The Hall–Kier alpha value is -0.760. The SMILES string of the molecule is CCCCCCCCCCn1ccc(C(O)C2CC2)c1. The second-order valence-electron chi connectivity index (χ2n) is 6.44. The molecule has 0 radical (unpaired) electrons. The quantitative estimate of drug-likeness (QED) is 0.561. The van der Waals surface area contributed by atoms with Crippen molar-refractivity contribution in [1.29, 1.82) is 0 Å². The molecule has 1 heterocycles. The van der Waals surface area contributed by atoms with Gasteiger partial charge in [0.15, 0.2) is 0 Å². The number of aryl methyl sites for hydroxylation is 1. The maximum atomic E-state index is 10.1.